The van der Waals surface area contributed by atoms with Crippen LogP contribution in [0.25, 0.3) is 0 Å². The Bertz CT molecular complexity index is 879. The average molecular weight is 411 g/mol. The summed E-state index contributed by atoms with van der Waals surface area (Å²) in [6.45, 7) is 3.02. The molecule has 8 nitrogen and oxygen atoms in total. The standard InChI is InChI=1S/C22H25N3O5/c1-3-14(2)18(25-19(27)15-8-4-5-9-16(15)20(25)28)21(29)30-12-17(26)24-22(13-23)10-6-7-11-22/h4-5,8-9,14,18H,3,6-7,10-12H2,1-2H3,(H,24,26)/t14-,18-/m0/s1. The summed E-state index contributed by atoms with van der Waals surface area (Å²) in [5.41, 5.74) is -0.417. The van der Waals surface area contributed by atoms with E-state index in [2.05, 4.69) is 11.4 Å². The first kappa shape index (κ1) is 21.5. The molecular formula is C22H25N3O5. The van der Waals surface area contributed by atoms with Crippen LogP contribution >= 0.6 is 0 Å². The maximum atomic E-state index is 12.9. The topological polar surface area (TPSA) is 117 Å². The molecule has 3 rings (SSSR count). The van der Waals surface area contributed by atoms with Gasteiger partial charge in [0.2, 0.25) is 0 Å². The zero-order chi connectivity index (χ0) is 21.9. The molecule has 1 saturated carbocycles. The molecule has 1 heterocycles. The molecule has 1 N–H and O–H groups in total. The van der Waals surface area contributed by atoms with Gasteiger partial charge >= 0.3 is 5.97 Å². The van der Waals surface area contributed by atoms with Crippen LogP contribution in [0.15, 0.2) is 24.3 Å². The third-order valence-electron chi connectivity index (χ3n) is 5.92. The van der Waals surface area contributed by atoms with E-state index in [1.807, 2.05) is 6.92 Å². The van der Waals surface area contributed by atoms with Crippen molar-refractivity contribution in [1.29, 1.82) is 5.26 Å². The van der Waals surface area contributed by atoms with Gasteiger partial charge in [-0.1, -0.05) is 32.4 Å². The third kappa shape index (κ3) is 3.92. The highest BCUT2D eigenvalue weighted by Crippen LogP contribution is 2.30. The lowest BCUT2D eigenvalue weighted by atomic mass is 9.97. The van der Waals surface area contributed by atoms with E-state index in [1.165, 1.54) is 0 Å². The summed E-state index contributed by atoms with van der Waals surface area (Å²) in [7, 11) is 0. The van der Waals surface area contributed by atoms with Gasteiger partial charge in [0.05, 0.1) is 17.2 Å². The van der Waals surface area contributed by atoms with Crippen molar-refractivity contribution in [2.24, 2.45) is 5.92 Å². The molecule has 30 heavy (non-hydrogen) atoms. The van der Waals surface area contributed by atoms with Crippen LogP contribution in [-0.4, -0.2) is 46.8 Å². The van der Waals surface area contributed by atoms with Crippen molar-refractivity contribution in [3.05, 3.63) is 35.4 Å². The van der Waals surface area contributed by atoms with Gasteiger partial charge in [-0.3, -0.25) is 19.3 Å². The highest BCUT2D eigenvalue weighted by atomic mass is 16.5. The van der Waals surface area contributed by atoms with Crippen LogP contribution < -0.4 is 5.32 Å². The lowest BCUT2D eigenvalue weighted by molar-refractivity contribution is -0.154. The molecule has 8 heteroatoms. The quantitative estimate of drug-likeness (QED) is 0.543. The van der Waals surface area contributed by atoms with E-state index in [4.69, 9.17) is 4.74 Å². The van der Waals surface area contributed by atoms with Gasteiger partial charge in [0, 0.05) is 0 Å². The Hall–Kier alpha value is -3.21. The summed E-state index contributed by atoms with van der Waals surface area (Å²) in [5.74, 6) is -2.83. The van der Waals surface area contributed by atoms with Gasteiger partial charge in [-0.05, 0) is 43.7 Å². The largest absolute Gasteiger partial charge is 0.454 e. The molecule has 0 aromatic heterocycles. The zero-order valence-electron chi connectivity index (χ0n) is 17.1. The average Bonchev–Trinajstić information content (AvgIpc) is 3.31. The number of nitriles is 1. The number of amides is 3. The predicted octanol–water partition coefficient (Wildman–Crippen LogP) is 2.19. The van der Waals surface area contributed by atoms with E-state index in [0.29, 0.717) is 19.3 Å². The predicted molar refractivity (Wildman–Crippen MR) is 106 cm³/mol. The number of carbonyl (C=O) groups is 4. The summed E-state index contributed by atoms with van der Waals surface area (Å²) in [5, 5.41) is 12.0. The number of fused-ring (bicyclic) bond motifs is 1. The summed E-state index contributed by atoms with van der Waals surface area (Å²) in [6.07, 6.45) is 3.35. The van der Waals surface area contributed by atoms with Crippen LogP contribution in [0.5, 0.6) is 0 Å². The van der Waals surface area contributed by atoms with Gasteiger partial charge in [0.15, 0.2) is 6.61 Å². The second kappa shape index (κ2) is 8.66. The molecule has 1 aromatic carbocycles. The van der Waals surface area contributed by atoms with Crippen molar-refractivity contribution in [3.63, 3.8) is 0 Å². The Morgan fingerprint density at radius 1 is 1.20 bits per heavy atom. The smallest absolute Gasteiger partial charge is 0.330 e. The molecule has 3 amide bonds. The maximum absolute atomic E-state index is 12.9. The lowest BCUT2D eigenvalue weighted by Gasteiger charge is -2.29. The number of nitrogens with one attached hydrogen (secondary N) is 1. The fourth-order valence-electron chi connectivity index (χ4n) is 4.04. The Morgan fingerprint density at radius 3 is 2.27 bits per heavy atom. The van der Waals surface area contributed by atoms with Crippen molar-refractivity contribution >= 4 is 23.7 Å². The molecule has 0 saturated heterocycles. The molecule has 0 radical (unpaired) electrons. The van der Waals surface area contributed by atoms with Crippen LogP contribution in [0.4, 0.5) is 0 Å². The van der Waals surface area contributed by atoms with Crippen LogP contribution in [0, 0.1) is 17.2 Å². The van der Waals surface area contributed by atoms with Gasteiger partial charge in [-0.25, -0.2) is 4.79 Å². The van der Waals surface area contributed by atoms with Crippen molar-refractivity contribution in [2.75, 3.05) is 6.61 Å². The number of rotatable bonds is 7. The maximum Gasteiger partial charge on any atom is 0.330 e. The van der Waals surface area contributed by atoms with Gasteiger partial charge in [0.25, 0.3) is 17.7 Å². The molecule has 0 bridgehead atoms. The van der Waals surface area contributed by atoms with Crippen molar-refractivity contribution in [2.45, 2.75) is 57.5 Å². The van der Waals surface area contributed by atoms with Crippen LogP contribution in [0.1, 0.15) is 66.7 Å². The minimum absolute atomic E-state index is 0.249. The van der Waals surface area contributed by atoms with Crippen molar-refractivity contribution < 1.29 is 23.9 Å². The normalized spacial score (nSPS) is 19.0. The number of benzene rings is 1. The number of nitrogens with zero attached hydrogens (tertiary/aromatic N) is 2. The number of esters is 1. The number of hydrogen-bond acceptors (Lipinski definition) is 6. The number of imide groups is 1. The second-order valence-corrected chi connectivity index (χ2v) is 7.91. The first-order valence-electron chi connectivity index (χ1n) is 10.2. The number of ether oxygens (including phenoxy) is 1. The van der Waals surface area contributed by atoms with E-state index >= 15 is 0 Å². The molecule has 0 unspecified atom stereocenters. The first-order valence-corrected chi connectivity index (χ1v) is 10.2. The van der Waals surface area contributed by atoms with E-state index in [-0.39, 0.29) is 17.0 Å². The Morgan fingerprint density at radius 2 is 1.77 bits per heavy atom. The SMILES string of the molecule is CC[C@H](C)[C@@H](C(=O)OCC(=O)NC1(C#N)CCCC1)N1C(=O)c2ccccc2C1=O. The van der Waals surface area contributed by atoms with E-state index < -0.39 is 41.9 Å². The van der Waals surface area contributed by atoms with Crippen LogP contribution in [0.3, 0.4) is 0 Å². The highest BCUT2D eigenvalue weighted by molar-refractivity contribution is 6.22. The van der Waals surface area contributed by atoms with Crippen molar-refractivity contribution in [3.8, 4) is 6.07 Å². The van der Waals surface area contributed by atoms with Gasteiger partial charge in [0.1, 0.15) is 11.6 Å². The molecule has 1 aliphatic carbocycles. The van der Waals surface area contributed by atoms with Gasteiger partial charge in [-0.2, -0.15) is 5.26 Å². The number of carbonyl (C=O) groups excluding carboxylic acids is 4. The highest BCUT2D eigenvalue weighted by Gasteiger charge is 2.45. The van der Waals surface area contributed by atoms with Gasteiger partial charge in [-0.15, -0.1) is 0 Å². The fourth-order valence-corrected chi connectivity index (χ4v) is 4.04. The first-order chi connectivity index (χ1) is 14.3. The summed E-state index contributed by atoms with van der Waals surface area (Å²) in [4.78, 5) is 51.7. The van der Waals surface area contributed by atoms with Crippen molar-refractivity contribution in [1.82, 2.24) is 10.2 Å². The van der Waals surface area contributed by atoms with E-state index in [9.17, 15) is 24.4 Å². The monoisotopic (exact) mass is 411 g/mol. The molecule has 1 aliphatic heterocycles. The Labute approximate surface area is 175 Å². The second-order valence-electron chi connectivity index (χ2n) is 7.91. The molecule has 2 aliphatic rings. The molecule has 0 spiro atoms. The molecule has 158 valence electrons. The molecule has 2 atom stereocenters. The summed E-state index contributed by atoms with van der Waals surface area (Å²) >= 11 is 0. The van der Waals surface area contributed by atoms with E-state index in [0.717, 1.165) is 17.7 Å². The summed E-state index contributed by atoms with van der Waals surface area (Å²) < 4.78 is 5.19. The minimum atomic E-state index is -1.13. The Balaban J connectivity index is 1.71. The molecular weight excluding hydrogens is 386 g/mol. The number of hydrogen-bond donors (Lipinski definition) is 1. The van der Waals surface area contributed by atoms with Crippen LogP contribution in [-0.2, 0) is 14.3 Å². The molecule has 1 fully saturated rings. The lowest BCUT2D eigenvalue weighted by Crippen LogP contribution is -2.51. The van der Waals surface area contributed by atoms with Crippen LogP contribution in [0.2, 0.25) is 0 Å². The Kier molecular flexibility index (Phi) is 6.20. The third-order valence-corrected chi connectivity index (χ3v) is 5.92. The molecule has 1 aromatic rings. The summed E-state index contributed by atoms with van der Waals surface area (Å²) in [6, 6.07) is 7.41. The van der Waals surface area contributed by atoms with Gasteiger partial charge < -0.3 is 10.1 Å². The fraction of sp³-hybridized carbons (Fsp3) is 0.500. The van der Waals surface area contributed by atoms with E-state index in [1.54, 1.807) is 31.2 Å². The zero-order valence-corrected chi connectivity index (χ0v) is 17.1. The minimum Gasteiger partial charge on any atom is -0.454 e.